The summed E-state index contributed by atoms with van der Waals surface area (Å²) in [5.74, 6) is 0.370. The van der Waals surface area contributed by atoms with Crippen molar-refractivity contribution >= 4 is 22.6 Å². The van der Waals surface area contributed by atoms with Crippen molar-refractivity contribution in [1.82, 2.24) is 0 Å². The summed E-state index contributed by atoms with van der Waals surface area (Å²) in [7, 11) is 1.54. The Hall–Kier alpha value is -3.86. The first kappa shape index (κ1) is 18.5. The van der Waals surface area contributed by atoms with Gasteiger partial charge in [-0.2, -0.15) is 0 Å². The molecule has 0 aliphatic carbocycles. The minimum atomic E-state index is -0.502. The first-order valence-electron chi connectivity index (χ1n) is 9.19. The van der Waals surface area contributed by atoms with Gasteiger partial charge < -0.3 is 14.5 Å². The molecule has 4 rings (SSSR count). The van der Waals surface area contributed by atoms with E-state index in [1.165, 1.54) is 6.07 Å². The van der Waals surface area contributed by atoms with Crippen LogP contribution >= 0.6 is 0 Å². The molecule has 3 aromatic carbocycles. The Balaban J connectivity index is 1.63. The molecule has 1 heterocycles. The van der Waals surface area contributed by atoms with Gasteiger partial charge in [0.15, 0.2) is 0 Å². The molecule has 0 radical (unpaired) electrons. The van der Waals surface area contributed by atoms with Gasteiger partial charge in [0.05, 0.1) is 13.5 Å². The molecule has 0 aliphatic rings. The number of anilines is 1. The number of nitrogens with one attached hydrogen (secondary N) is 1. The highest BCUT2D eigenvalue weighted by Gasteiger charge is 2.13. The smallest absolute Gasteiger partial charge is 0.336 e. The molecule has 0 atom stereocenters. The van der Waals surface area contributed by atoms with Gasteiger partial charge in [0.25, 0.3) is 0 Å². The number of carbonyl (C=O) groups is 1. The Morgan fingerprint density at radius 2 is 1.72 bits per heavy atom. The maximum Gasteiger partial charge on any atom is 0.336 e. The minimum Gasteiger partial charge on any atom is -0.497 e. The summed E-state index contributed by atoms with van der Waals surface area (Å²) >= 11 is 0. The molecule has 5 nitrogen and oxygen atoms in total. The van der Waals surface area contributed by atoms with Gasteiger partial charge in [0, 0.05) is 28.8 Å². The maximum atomic E-state index is 12.8. The number of hydrogen-bond acceptors (Lipinski definition) is 4. The van der Waals surface area contributed by atoms with Gasteiger partial charge in [-0.1, -0.05) is 48.5 Å². The maximum absolute atomic E-state index is 12.8. The van der Waals surface area contributed by atoms with E-state index in [1.54, 1.807) is 25.3 Å². The summed E-state index contributed by atoms with van der Waals surface area (Å²) in [6.07, 6.45) is 0.0531. The number of amides is 1. The largest absolute Gasteiger partial charge is 0.497 e. The van der Waals surface area contributed by atoms with Crippen LogP contribution in [0.5, 0.6) is 5.75 Å². The van der Waals surface area contributed by atoms with Gasteiger partial charge in [-0.3, -0.25) is 4.79 Å². The lowest BCUT2D eigenvalue weighted by atomic mass is 10.0. The zero-order valence-electron chi connectivity index (χ0n) is 15.8. The number of fused-ring (bicyclic) bond motifs is 1. The summed E-state index contributed by atoms with van der Waals surface area (Å²) in [6, 6.07) is 24.0. The highest BCUT2D eigenvalue weighted by Crippen LogP contribution is 2.28. The standard InChI is InChI=1S/C24H19NO4/c1-28-18-11-12-20-17(14-24(27)29-22(20)15-18)13-23(26)25-21-10-6-5-9-19(21)16-7-3-2-4-8-16/h2-12,14-15H,13H2,1H3,(H,25,26). The molecule has 1 amide bonds. The van der Waals surface area contributed by atoms with E-state index in [4.69, 9.17) is 9.15 Å². The van der Waals surface area contributed by atoms with Crippen LogP contribution in [0.1, 0.15) is 5.56 Å². The van der Waals surface area contributed by atoms with E-state index in [9.17, 15) is 9.59 Å². The van der Waals surface area contributed by atoms with E-state index in [0.29, 0.717) is 22.3 Å². The van der Waals surface area contributed by atoms with Crippen molar-refractivity contribution in [3.63, 3.8) is 0 Å². The van der Waals surface area contributed by atoms with Gasteiger partial charge in [-0.25, -0.2) is 4.79 Å². The molecule has 0 fully saturated rings. The Labute approximate surface area is 167 Å². The third-order valence-electron chi connectivity index (χ3n) is 4.67. The number of benzene rings is 3. The summed E-state index contributed by atoms with van der Waals surface area (Å²) in [5, 5.41) is 3.67. The van der Waals surface area contributed by atoms with E-state index in [-0.39, 0.29) is 12.3 Å². The van der Waals surface area contributed by atoms with Crippen LogP contribution in [-0.4, -0.2) is 13.0 Å². The number of para-hydroxylation sites is 1. The molecule has 0 unspecified atom stereocenters. The Morgan fingerprint density at radius 3 is 2.52 bits per heavy atom. The molecule has 1 N–H and O–H groups in total. The average Bonchev–Trinajstić information content (AvgIpc) is 2.74. The molecule has 144 valence electrons. The van der Waals surface area contributed by atoms with Gasteiger partial charge in [0.1, 0.15) is 11.3 Å². The quantitative estimate of drug-likeness (QED) is 0.508. The highest BCUT2D eigenvalue weighted by atomic mass is 16.5. The predicted octanol–water partition coefficient (Wildman–Crippen LogP) is 4.65. The van der Waals surface area contributed by atoms with Gasteiger partial charge in [-0.15, -0.1) is 0 Å². The molecule has 0 saturated heterocycles. The summed E-state index contributed by atoms with van der Waals surface area (Å²) in [6.45, 7) is 0. The normalized spacial score (nSPS) is 10.7. The lowest BCUT2D eigenvalue weighted by Crippen LogP contribution is -2.16. The van der Waals surface area contributed by atoms with Crippen LogP contribution in [-0.2, 0) is 11.2 Å². The van der Waals surface area contributed by atoms with E-state index in [2.05, 4.69) is 5.32 Å². The Kier molecular flexibility index (Phi) is 5.12. The van der Waals surface area contributed by atoms with Gasteiger partial charge in [0.2, 0.25) is 5.91 Å². The van der Waals surface area contributed by atoms with Crippen molar-refractivity contribution in [3.05, 3.63) is 94.8 Å². The van der Waals surface area contributed by atoms with Crippen LogP contribution in [0.2, 0.25) is 0 Å². The molecule has 1 aromatic heterocycles. The second-order valence-electron chi connectivity index (χ2n) is 6.59. The summed E-state index contributed by atoms with van der Waals surface area (Å²) in [5.41, 5.74) is 3.17. The van der Waals surface area contributed by atoms with E-state index < -0.39 is 5.63 Å². The number of rotatable bonds is 5. The third-order valence-corrected chi connectivity index (χ3v) is 4.67. The second kappa shape index (κ2) is 8.02. The van der Waals surface area contributed by atoms with Crippen LogP contribution < -0.4 is 15.7 Å². The minimum absolute atomic E-state index is 0.0531. The predicted molar refractivity (Wildman–Crippen MR) is 113 cm³/mol. The molecule has 0 saturated carbocycles. The molecular formula is C24H19NO4. The molecule has 0 bridgehead atoms. The zero-order chi connectivity index (χ0) is 20.2. The Bertz CT molecular complexity index is 1230. The molecule has 0 aliphatic heterocycles. The number of methoxy groups -OCH3 is 1. The SMILES string of the molecule is COc1ccc2c(CC(=O)Nc3ccccc3-c3ccccc3)cc(=O)oc2c1. The van der Waals surface area contributed by atoms with E-state index in [0.717, 1.165) is 16.8 Å². The topological polar surface area (TPSA) is 68.5 Å². The monoisotopic (exact) mass is 385 g/mol. The molecule has 5 heteroatoms. The first-order valence-corrected chi connectivity index (χ1v) is 9.19. The van der Waals surface area contributed by atoms with Crippen molar-refractivity contribution < 1.29 is 13.9 Å². The van der Waals surface area contributed by atoms with E-state index >= 15 is 0 Å². The molecular weight excluding hydrogens is 366 g/mol. The van der Waals surface area contributed by atoms with Crippen molar-refractivity contribution in [2.24, 2.45) is 0 Å². The van der Waals surface area contributed by atoms with Crippen molar-refractivity contribution in [1.29, 1.82) is 0 Å². The molecule has 0 spiro atoms. The average molecular weight is 385 g/mol. The Morgan fingerprint density at radius 1 is 0.966 bits per heavy atom. The fourth-order valence-electron chi connectivity index (χ4n) is 3.31. The fraction of sp³-hybridized carbons (Fsp3) is 0.0833. The molecule has 4 aromatic rings. The lowest BCUT2D eigenvalue weighted by molar-refractivity contribution is -0.115. The fourth-order valence-corrected chi connectivity index (χ4v) is 3.31. The van der Waals surface area contributed by atoms with Crippen molar-refractivity contribution in [2.45, 2.75) is 6.42 Å². The van der Waals surface area contributed by atoms with Gasteiger partial charge in [-0.05, 0) is 29.3 Å². The van der Waals surface area contributed by atoms with Gasteiger partial charge >= 0.3 is 5.63 Å². The zero-order valence-corrected chi connectivity index (χ0v) is 15.8. The number of ether oxygens (including phenoxy) is 1. The number of carbonyl (C=O) groups excluding carboxylic acids is 1. The van der Waals surface area contributed by atoms with Crippen molar-refractivity contribution in [3.8, 4) is 16.9 Å². The lowest BCUT2D eigenvalue weighted by Gasteiger charge is -2.12. The van der Waals surface area contributed by atoms with Crippen molar-refractivity contribution in [2.75, 3.05) is 12.4 Å². The van der Waals surface area contributed by atoms with Crippen LogP contribution in [0.25, 0.3) is 22.1 Å². The second-order valence-corrected chi connectivity index (χ2v) is 6.59. The number of hydrogen-bond donors (Lipinski definition) is 1. The van der Waals surface area contributed by atoms with Crippen LogP contribution in [0, 0.1) is 0 Å². The highest BCUT2D eigenvalue weighted by molar-refractivity contribution is 5.98. The van der Waals surface area contributed by atoms with Crippen LogP contribution in [0.4, 0.5) is 5.69 Å². The van der Waals surface area contributed by atoms with Crippen LogP contribution in [0.15, 0.2) is 88.1 Å². The third kappa shape index (κ3) is 4.04. The molecule has 29 heavy (non-hydrogen) atoms. The summed E-state index contributed by atoms with van der Waals surface area (Å²) in [4.78, 5) is 24.7. The summed E-state index contributed by atoms with van der Waals surface area (Å²) < 4.78 is 10.4. The first-order chi connectivity index (χ1) is 14.1. The van der Waals surface area contributed by atoms with E-state index in [1.807, 2.05) is 54.6 Å². The van der Waals surface area contributed by atoms with Crippen LogP contribution in [0.3, 0.4) is 0 Å².